The van der Waals surface area contributed by atoms with Crippen molar-refractivity contribution >= 4 is 11.6 Å². The first-order valence-corrected chi connectivity index (χ1v) is 6.07. The first-order valence-electron chi connectivity index (χ1n) is 6.07. The molecule has 94 valence electrons. The van der Waals surface area contributed by atoms with E-state index < -0.39 is 0 Å². The standard InChI is InChI=1S/C12H20N4O/c1-7-11(8(2)16(3)15-7)14-12(17)9-5-4-6-10(9)13/h9-10H,4-6,13H2,1-3H3,(H,14,17). The fourth-order valence-electron chi connectivity index (χ4n) is 2.48. The summed E-state index contributed by atoms with van der Waals surface area (Å²) in [4.78, 5) is 12.1. The van der Waals surface area contributed by atoms with Gasteiger partial charge < -0.3 is 11.1 Å². The van der Waals surface area contributed by atoms with E-state index in [1.807, 2.05) is 20.9 Å². The summed E-state index contributed by atoms with van der Waals surface area (Å²) >= 11 is 0. The van der Waals surface area contributed by atoms with Gasteiger partial charge in [0.25, 0.3) is 0 Å². The Balaban J connectivity index is 2.13. The maximum atomic E-state index is 12.1. The zero-order valence-electron chi connectivity index (χ0n) is 10.7. The van der Waals surface area contributed by atoms with Gasteiger partial charge in [0, 0.05) is 13.1 Å². The molecule has 0 bridgehead atoms. The Kier molecular flexibility index (Phi) is 3.19. The molecule has 3 N–H and O–H groups in total. The van der Waals surface area contributed by atoms with Crippen LogP contribution < -0.4 is 11.1 Å². The molecule has 1 aliphatic carbocycles. The Hall–Kier alpha value is -1.36. The average molecular weight is 236 g/mol. The Bertz CT molecular complexity index is 438. The number of anilines is 1. The van der Waals surface area contributed by atoms with Crippen LogP contribution in [0.3, 0.4) is 0 Å². The van der Waals surface area contributed by atoms with E-state index in [1.54, 1.807) is 4.68 Å². The first kappa shape index (κ1) is 12.1. The maximum Gasteiger partial charge on any atom is 0.229 e. The third kappa shape index (κ3) is 2.20. The van der Waals surface area contributed by atoms with Gasteiger partial charge in [-0.05, 0) is 26.7 Å². The Morgan fingerprint density at radius 2 is 2.18 bits per heavy atom. The molecule has 0 spiro atoms. The molecule has 1 saturated carbocycles. The lowest BCUT2D eigenvalue weighted by Crippen LogP contribution is -2.34. The Morgan fingerprint density at radius 3 is 2.65 bits per heavy atom. The normalized spacial score (nSPS) is 24.0. The van der Waals surface area contributed by atoms with Crippen molar-refractivity contribution in [2.75, 3.05) is 5.32 Å². The van der Waals surface area contributed by atoms with Gasteiger partial charge in [-0.3, -0.25) is 9.48 Å². The fourth-order valence-corrected chi connectivity index (χ4v) is 2.48. The number of rotatable bonds is 2. The molecule has 0 aromatic carbocycles. The summed E-state index contributed by atoms with van der Waals surface area (Å²) in [5, 5.41) is 7.25. The van der Waals surface area contributed by atoms with Gasteiger partial charge >= 0.3 is 0 Å². The molecule has 1 aliphatic rings. The van der Waals surface area contributed by atoms with Crippen molar-refractivity contribution in [3.63, 3.8) is 0 Å². The van der Waals surface area contributed by atoms with Gasteiger partial charge in [-0.25, -0.2) is 0 Å². The van der Waals surface area contributed by atoms with E-state index in [9.17, 15) is 4.79 Å². The van der Waals surface area contributed by atoms with E-state index in [-0.39, 0.29) is 17.9 Å². The van der Waals surface area contributed by atoms with Gasteiger partial charge in [-0.15, -0.1) is 0 Å². The number of aryl methyl sites for hydroxylation is 2. The van der Waals surface area contributed by atoms with E-state index in [1.165, 1.54) is 0 Å². The minimum absolute atomic E-state index is 0.00674. The molecule has 0 aliphatic heterocycles. The molecule has 1 fully saturated rings. The highest BCUT2D eigenvalue weighted by molar-refractivity contribution is 5.94. The van der Waals surface area contributed by atoms with Crippen molar-refractivity contribution in [1.82, 2.24) is 9.78 Å². The first-order chi connectivity index (χ1) is 8.00. The topological polar surface area (TPSA) is 72.9 Å². The zero-order valence-corrected chi connectivity index (χ0v) is 10.7. The van der Waals surface area contributed by atoms with Crippen LogP contribution in [0.2, 0.25) is 0 Å². The van der Waals surface area contributed by atoms with Gasteiger partial charge in [-0.1, -0.05) is 6.42 Å². The summed E-state index contributed by atoms with van der Waals surface area (Å²) in [5.41, 5.74) is 8.59. The molecule has 17 heavy (non-hydrogen) atoms. The zero-order chi connectivity index (χ0) is 12.6. The molecule has 5 heteroatoms. The monoisotopic (exact) mass is 236 g/mol. The Morgan fingerprint density at radius 1 is 1.47 bits per heavy atom. The van der Waals surface area contributed by atoms with E-state index in [4.69, 9.17) is 5.73 Å². The van der Waals surface area contributed by atoms with Crippen LogP contribution in [0.15, 0.2) is 0 Å². The number of nitrogens with zero attached hydrogens (tertiary/aromatic N) is 2. The second-order valence-corrected chi connectivity index (χ2v) is 4.86. The SMILES string of the molecule is Cc1nn(C)c(C)c1NC(=O)C1CCCC1N. The van der Waals surface area contributed by atoms with Crippen LogP contribution in [-0.2, 0) is 11.8 Å². The van der Waals surface area contributed by atoms with Crippen molar-refractivity contribution < 1.29 is 4.79 Å². The number of aromatic nitrogens is 2. The highest BCUT2D eigenvalue weighted by Gasteiger charge is 2.30. The largest absolute Gasteiger partial charge is 0.327 e. The van der Waals surface area contributed by atoms with Crippen molar-refractivity contribution in [3.05, 3.63) is 11.4 Å². The lowest BCUT2D eigenvalue weighted by atomic mass is 10.0. The van der Waals surface area contributed by atoms with Crippen molar-refractivity contribution in [2.24, 2.45) is 18.7 Å². The summed E-state index contributed by atoms with van der Waals surface area (Å²) in [7, 11) is 1.87. The van der Waals surface area contributed by atoms with Gasteiger partial charge in [0.2, 0.25) is 5.91 Å². The van der Waals surface area contributed by atoms with E-state index >= 15 is 0 Å². The highest BCUT2D eigenvalue weighted by Crippen LogP contribution is 2.26. The van der Waals surface area contributed by atoms with Crippen LogP contribution in [0.5, 0.6) is 0 Å². The number of hydrogen-bond acceptors (Lipinski definition) is 3. The number of hydrogen-bond donors (Lipinski definition) is 2. The number of nitrogens with one attached hydrogen (secondary N) is 1. The van der Waals surface area contributed by atoms with Crippen LogP contribution in [0.25, 0.3) is 0 Å². The quantitative estimate of drug-likeness (QED) is 0.807. The molecule has 1 aromatic heterocycles. The van der Waals surface area contributed by atoms with E-state index in [0.29, 0.717) is 0 Å². The number of nitrogens with two attached hydrogens (primary N) is 1. The average Bonchev–Trinajstić information content (AvgIpc) is 2.78. The predicted molar refractivity (Wildman–Crippen MR) is 66.6 cm³/mol. The van der Waals surface area contributed by atoms with Crippen LogP contribution in [-0.4, -0.2) is 21.7 Å². The summed E-state index contributed by atoms with van der Waals surface area (Å²) < 4.78 is 1.78. The molecule has 2 atom stereocenters. The molecule has 5 nitrogen and oxygen atoms in total. The highest BCUT2D eigenvalue weighted by atomic mass is 16.2. The summed E-state index contributed by atoms with van der Waals surface area (Å²) in [6, 6.07) is 0.00674. The fraction of sp³-hybridized carbons (Fsp3) is 0.667. The van der Waals surface area contributed by atoms with Crippen LogP contribution in [0, 0.1) is 19.8 Å². The number of carbonyl (C=O) groups excluding carboxylic acids is 1. The second kappa shape index (κ2) is 4.49. The molecule has 0 saturated heterocycles. The molecule has 1 amide bonds. The van der Waals surface area contributed by atoms with Crippen molar-refractivity contribution in [2.45, 2.75) is 39.2 Å². The van der Waals surface area contributed by atoms with E-state index in [2.05, 4.69) is 10.4 Å². The van der Waals surface area contributed by atoms with Crippen molar-refractivity contribution in [3.8, 4) is 0 Å². The van der Waals surface area contributed by atoms with Crippen LogP contribution in [0.1, 0.15) is 30.7 Å². The Labute approximate surface area is 101 Å². The molecular weight excluding hydrogens is 216 g/mol. The van der Waals surface area contributed by atoms with Crippen LogP contribution >= 0.6 is 0 Å². The molecule has 2 rings (SSSR count). The number of amides is 1. The third-order valence-electron chi connectivity index (χ3n) is 3.66. The smallest absolute Gasteiger partial charge is 0.229 e. The maximum absolute atomic E-state index is 12.1. The van der Waals surface area contributed by atoms with Gasteiger partial charge in [-0.2, -0.15) is 5.10 Å². The van der Waals surface area contributed by atoms with Gasteiger partial charge in [0.15, 0.2) is 0 Å². The minimum Gasteiger partial charge on any atom is -0.327 e. The molecule has 1 aromatic rings. The lowest BCUT2D eigenvalue weighted by molar-refractivity contribution is -0.120. The minimum atomic E-state index is -0.0472. The van der Waals surface area contributed by atoms with Crippen molar-refractivity contribution in [1.29, 1.82) is 0 Å². The summed E-state index contributed by atoms with van der Waals surface area (Å²) in [6.45, 7) is 3.85. The lowest BCUT2D eigenvalue weighted by Gasteiger charge is -2.15. The van der Waals surface area contributed by atoms with Crippen LogP contribution in [0.4, 0.5) is 5.69 Å². The summed E-state index contributed by atoms with van der Waals surface area (Å²) in [6.07, 6.45) is 2.89. The number of carbonyl (C=O) groups is 1. The predicted octanol–water partition coefficient (Wildman–Crippen LogP) is 1.10. The van der Waals surface area contributed by atoms with E-state index in [0.717, 1.165) is 36.3 Å². The molecular formula is C12H20N4O. The van der Waals surface area contributed by atoms with Gasteiger partial charge in [0.05, 0.1) is 23.0 Å². The molecule has 0 radical (unpaired) electrons. The molecule has 2 unspecified atom stereocenters. The van der Waals surface area contributed by atoms with Gasteiger partial charge in [0.1, 0.15) is 0 Å². The second-order valence-electron chi connectivity index (χ2n) is 4.86. The molecule has 1 heterocycles. The third-order valence-corrected chi connectivity index (χ3v) is 3.66. The summed E-state index contributed by atoms with van der Waals surface area (Å²) in [5.74, 6) is -0.0109.